The number of aliphatic hydroxyl groups excluding tert-OH is 1. The third kappa shape index (κ3) is 5.57. The van der Waals surface area contributed by atoms with E-state index in [1.165, 1.54) is 18.2 Å². The van der Waals surface area contributed by atoms with Gasteiger partial charge in [0.1, 0.15) is 17.7 Å². The molecule has 36 heavy (non-hydrogen) atoms. The van der Waals surface area contributed by atoms with Crippen LogP contribution in [0.5, 0.6) is 5.75 Å². The smallest absolute Gasteiger partial charge is 0.341 e. The average molecular weight is 499 g/mol. The Morgan fingerprint density at radius 3 is 2.28 bits per heavy atom. The molecule has 4 rings (SSSR count). The summed E-state index contributed by atoms with van der Waals surface area (Å²) >= 11 is 0. The van der Waals surface area contributed by atoms with Gasteiger partial charge in [0.05, 0.1) is 18.3 Å². The Morgan fingerprint density at radius 2 is 1.67 bits per heavy atom. The van der Waals surface area contributed by atoms with Crippen LogP contribution in [0.4, 0.5) is 13.2 Å². The van der Waals surface area contributed by atoms with Gasteiger partial charge < -0.3 is 14.6 Å². The van der Waals surface area contributed by atoms with Crippen LogP contribution in [-0.2, 0) is 4.74 Å². The lowest BCUT2D eigenvalue weighted by Gasteiger charge is -2.29. The zero-order valence-corrected chi connectivity index (χ0v) is 20.3. The zero-order chi connectivity index (χ0) is 25.8. The summed E-state index contributed by atoms with van der Waals surface area (Å²) in [4.78, 5) is 12.6. The number of halogens is 3. The van der Waals surface area contributed by atoms with Gasteiger partial charge in [-0.05, 0) is 74.3 Å². The van der Waals surface area contributed by atoms with Gasteiger partial charge in [0.15, 0.2) is 11.6 Å². The van der Waals surface area contributed by atoms with Crippen molar-refractivity contribution in [1.82, 2.24) is 0 Å². The highest BCUT2D eigenvalue weighted by Crippen LogP contribution is 2.37. The van der Waals surface area contributed by atoms with Crippen molar-refractivity contribution in [3.05, 3.63) is 88.7 Å². The molecule has 1 unspecified atom stereocenters. The van der Waals surface area contributed by atoms with Crippen molar-refractivity contribution < 1.29 is 32.5 Å². The van der Waals surface area contributed by atoms with E-state index in [0.717, 1.165) is 0 Å². The second kappa shape index (κ2) is 11.2. The van der Waals surface area contributed by atoms with Crippen molar-refractivity contribution in [2.45, 2.75) is 57.7 Å². The first-order chi connectivity index (χ1) is 17.3. The van der Waals surface area contributed by atoms with E-state index in [-0.39, 0.29) is 17.3 Å². The molecule has 3 aromatic carbocycles. The van der Waals surface area contributed by atoms with E-state index in [0.29, 0.717) is 54.7 Å². The Balaban J connectivity index is 1.39. The van der Waals surface area contributed by atoms with Gasteiger partial charge >= 0.3 is 5.97 Å². The number of aliphatic hydroxyl groups is 1. The molecule has 7 heteroatoms. The highest BCUT2D eigenvalue weighted by atomic mass is 19.2. The summed E-state index contributed by atoms with van der Waals surface area (Å²) in [5, 5.41) is 9.62. The van der Waals surface area contributed by atoms with Crippen LogP contribution in [0.3, 0.4) is 0 Å². The van der Waals surface area contributed by atoms with Crippen molar-refractivity contribution in [3.8, 4) is 16.9 Å². The van der Waals surface area contributed by atoms with Crippen LogP contribution >= 0.6 is 0 Å². The van der Waals surface area contributed by atoms with Crippen LogP contribution in [0, 0.1) is 17.5 Å². The molecule has 4 nitrogen and oxygen atoms in total. The fraction of sp³-hybridized carbons (Fsp3) is 0.345. The van der Waals surface area contributed by atoms with Gasteiger partial charge in [-0.1, -0.05) is 36.4 Å². The van der Waals surface area contributed by atoms with Gasteiger partial charge in [0.25, 0.3) is 0 Å². The monoisotopic (exact) mass is 498 g/mol. The molecule has 0 aliphatic heterocycles. The van der Waals surface area contributed by atoms with E-state index in [9.17, 15) is 23.1 Å². The number of carbonyl (C=O) groups excluding carboxylic acids is 1. The molecule has 0 spiro atoms. The molecule has 1 N–H and O–H groups in total. The lowest BCUT2D eigenvalue weighted by atomic mass is 9.82. The summed E-state index contributed by atoms with van der Waals surface area (Å²) < 4.78 is 55.0. The number of hydrogen-bond donors (Lipinski definition) is 1. The minimum absolute atomic E-state index is 0.00991. The third-order valence-electron chi connectivity index (χ3n) is 6.68. The third-order valence-corrected chi connectivity index (χ3v) is 6.68. The second-order valence-electron chi connectivity index (χ2n) is 9.08. The number of esters is 1. The average Bonchev–Trinajstić information content (AvgIpc) is 2.86. The maximum Gasteiger partial charge on any atom is 0.341 e. The van der Waals surface area contributed by atoms with E-state index in [1.807, 2.05) is 6.92 Å². The summed E-state index contributed by atoms with van der Waals surface area (Å²) in [6.45, 7) is 3.90. The standard InChI is InChI=1S/C29H29F3O4/c1-3-35-22-12-13-23(26(30)16-22)19-8-10-21(11-9-19)36-29(34)25-15-14-24(27(31)28(25)32)20-6-4-18(5-7-20)17(2)33/h4-7,12-17,19,21,33H,3,8-11H2,1-2H3. The Hall–Kier alpha value is -3.32. The Morgan fingerprint density at radius 1 is 0.972 bits per heavy atom. The predicted octanol–water partition coefficient (Wildman–Crippen LogP) is 7.11. The van der Waals surface area contributed by atoms with Crippen LogP contribution < -0.4 is 4.74 Å². The van der Waals surface area contributed by atoms with Crippen LogP contribution in [-0.4, -0.2) is 23.8 Å². The number of hydrogen-bond acceptors (Lipinski definition) is 4. The maximum absolute atomic E-state index is 14.8. The van der Waals surface area contributed by atoms with Gasteiger partial charge in [-0.25, -0.2) is 18.0 Å². The summed E-state index contributed by atoms with van der Waals surface area (Å²) in [5.74, 6) is -3.16. The highest BCUT2D eigenvalue weighted by molar-refractivity contribution is 5.90. The van der Waals surface area contributed by atoms with Gasteiger partial charge in [-0.2, -0.15) is 0 Å². The quantitative estimate of drug-likeness (QED) is 0.353. The number of rotatable bonds is 7. The fourth-order valence-electron chi connectivity index (χ4n) is 4.67. The number of ether oxygens (including phenoxy) is 2. The van der Waals surface area contributed by atoms with Crippen molar-refractivity contribution in [1.29, 1.82) is 0 Å². The molecule has 0 bridgehead atoms. The molecule has 190 valence electrons. The lowest BCUT2D eigenvalue weighted by molar-refractivity contribution is 0.0188. The fourth-order valence-corrected chi connectivity index (χ4v) is 4.67. The second-order valence-corrected chi connectivity index (χ2v) is 9.08. The SMILES string of the molecule is CCOc1ccc(C2CCC(OC(=O)c3ccc(-c4ccc(C(C)O)cc4)c(F)c3F)CC2)c(F)c1. The first kappa shape index (κ1) is 25.8. The summed E-state index contributed by atoms with van der Waals surface area (Å²) in [5.41, 5.74) is 1.24. The van der Waals surface area contributed by atoms with E-state index in [4.69, 9.17) is 9.47 Å². The van der Waals surface area contributed by atoms with Gasteiger partial charge in [-0.15, -0.1) is 0 Å². The molecule has 1 aliphatic carbocycles. The van der Waals surface area contributed by atoms with Crippen LogP contribution in [0.25, 0.3) is 11.1 Å². The molecule has 1 fully saturated rings. The zero-order valence-electron chi connectivity index (χ0n) is 20.3. The summed E-state index contributed by atoms with van der Waals surface area (Å²) in [7, 11) is 0. The molecule has 1 aliphatic rings. The first-order valence-electron chi connectivity index (χ1n) is 12.2. The Bertz CT molecular complexity index is 1220. The molecule has 0 amide bonds. The van der Waals surface area contributed by atoms with Gasteiger partial charge in [0, 0.05) is 11.6 Å². The molecule has 1 atom stereocenters. The Labute approximate surface area is 208 Å². The van der Waals surface area contributed by atoms with E-state index < -0.39 is 35.4 Å². The van der Waals surface area contributed by atoms with Crippen molar-refractivity contribution in [2.75, 3.05) is 6.61 Å². The molecule has 0 saturated heterocycles. The topological polar surface area (TPSA) is 55.8 Å². The maximum atomic E-state index is 14.8. The minimum atomic E-state index is -1.26. The van der Waals surface area contributed by atoms with E-state index in [1.54, 1.807) is 43.3 Å². The summed E-state index contributed by atoms with van der Waals surface area (Å²) in [6, 6.07) is 13.9. The predicted molar refractivity (Wildman–Crippen MR) is 130 cm³/mol. The molecule has 0 heterocycles. The van der Waals surface area contributed by atoms with E-state index >= 15 is 0 Å². The number of carbonyl (C=O) groups is 1. The highest BCUT2D eigenvalue weighted by Gasteiger charge is 2.28. The molecule has 1 saturated carbocycles. The molecule has 0 aromatic heterocycles. The van der Waals surface area contributed by atoms with Crippen molar-refractivity contribution >= 4 is 5.97 Å². The minimum Gasteiger partial charge on any atom is -0.494 e. The summed E-state index contributed by atoms with van der Waals surface area (Å²) in [6.07, 6.45) is 1.10. The molecule has 0 radical (unpaired) electrons. The molecular formula is C29H29F3O4. The molecular weight excluding hydrogens is 469 g/mol. The molecule has 3 aromatic rings. The van der Waals surface area contributed by atoms with Crippen LogP contribution in [0.15, 0.2) is 54.6 Å². The normalized spacial score (nSPS) is 18.5. The van der Waals surface area contributed by atoms with Crippen molar-refractivity contribution in [2.24, 2.45) is 0 Å². The lowest BCUT2D eigenvalue weighted by Crippen LogP contribution is -2.25. The van der Waals surface area contributed by atoms with E-state index in [2.05, 4.69) is 0 Å². The van der Waals surface area contributed by atoms with Gasteiger partial charge in [-0.3, -0.25) is 0 Å². The van der Waals surface area contributed by atoms with Crippen LogP contribution in [0.2, 0.25) is 0 Å². The van der Waals surface area contributed by atoms with Crippen LogP contribution in [0.1, 0.15) is 73.0 Å². The Kier molecular flexibility index (Phi) is 7.99. The van der Waals surface area contributed by atoms with Crippen molar-refractivity contribution in [3.63, 3.8) is 0 Å². The largest absolute Gasteiger partial charge is 0.494 e. The van der Waals surface area contributed by atoms with Gasteiger partial charge in [0.2, 0.25) is 0 Å². The number of benzene rings is 3. The first-order valence-corrected chi connectivity index (χ1v) is 12.2.